The molecule has 1 saturated heterocycles. The van der Waals surface area contributed by atoms with Crippen LogP contribution in [-0.2, 0) is 17.8 Å². The van der Waals surface area contributed by atoms with Crippen molar-refractivity contribution in [3.8, 4) is 5.75 Å². The summed E-state index contributed by atoms with van der Waals surface area (Å²) in [4.78, 5) is 25.8. The zero-order valence-electron chi connectivity index (χ0n) is 15.9. The Kier molecular flexibility index (Phi) is 5.18. The molecule has 1 fully saturated rings. The summed E-state index contributed by atoms with van der Waals surface area (Å²) in [5.41, 5.74) is 2.32. The van der Waals surface area contributed by atoms with E-state index < -0.39 is 5.97 Å². The van der Waals surface area contributed by atoms with Gasteiger partial charge in [0.2, 0.25) is 0 Å². The Labute approximate surface area is 164 Å². The summed E-state index contributed by atoms with van der Waals surface area (Å²) in [5, 5.41) is 8.89. The molecule has 0 aliphatic carbocycles. The second kappa shape index (κ2) is 7.76. The Bertz CT molecular complexity index is 876. The van der Waals surface area contributed by atoms with Crippen LogP contribution < -0.4 is 4.74 Å². The number of hydrogen-bond acceptors (Lipinski definition) is 4. The number of carboxylic acids is 1. The number of ketones is 1. The van der Waals surface area contributed by atoms with E-state index in [4.69, 9.17) is 9.84 Å². The van der Waals surface area contributed by atoms with Crippen LogP contribution in [0, 0.1) is 0 Å². The molecule has 2 aromatic carbocycles. The highest BCUT2D eigenvalue weighted by Gasteiger charge is 2.41. The number of carbonyl (C=O) groups is 2. The Morgan fingerprint density at radius 2 is 1.79 bits per heavy atom. The number of hydrogen-bond donors (Lipinski definition) is 1. The monoisotopic (exact) mass is 379 g/mol. The smallest absolute Gasteiger partial charge is 0.307 e. The van der Waals surface area contributed by atoms with E-state index >= 15 is 0 Å². The molecule has 5 nitrogen and oxygen atoms in total. The van der Waals surface area contributed by atoms with E-state index in [0.29, 0.717) is 12.0 Å². The van der Waals surface area contributed by atoms with Crippen LogP contribution in [0.1, 0.15) is 47.2 Å². The first-order chi connectivity index (χ1) is 13.5. The van der Waals surface area contributed by atoms with Crippen LogP contribution in [0.5, 0.6) is 5.75 Å². The molecule has 1 atom stereocenters. The number of carboxylic acid groups (broad SMARTS) is 1. The lowest BCUT2D eigenvalue weighted by Gasteiger charge is -2.37. The summed E-state index contributed by atoms with van der Waals surface area (Å²) in [6, 6.07) is 15.4. The fourth-order valence-corrected chi connectivity index (χ4v) is 4.30. The molecule has 5 heteroatoms. The van der Waals surface area contributed by atoms with Crippen molar-refractivity contribution in [1.29, 1.82) is 0 Å². The van der Waals surface area contributed by atoms with E-state index in [0.717, 1.165) is 50.2 Å². The van der Waals surface area contributed by atoms with E-state index in [1.165, 1.54) is 5.56 Å². The maximum atomic E-state index is 12.6. The highest BCUT2D eigenvalue weighted by atomic mass is 16.5. The number of nitrogens with zero attached hydrogens (tertiary/aromatic N) is 1. The molecule has 1 unspecified atom stereocenters. The van der Waals surface area contributed by atoms with Gasteiger partial charge in [-0.25, -0.2) is 0 Å². The molecule has 1 spiro atoms. The predicted octanol–water partition coefficient (Wildman–Crippen LogP) is 3.70. The summed E-state index contributed by atoms with van der Waals surface area (Å²) in [5.74, 6) is 0.0970. The standard InChI is InChI=1S/C23H25NO4/c25-20-15-23(28-21-5-2-1-4-19(20)21)10-3-12-24(13-11-23)16-18-8-6-17(7-9-18)14-22(26)27/h1-2,4-9H,3,10-16H2,(H,26,27). The molecule has 0 radical (unpaired) electrons. The second-order valence-corrected chi connectivity index (χ2v) is 7.90. The van der Waals surface area contributed by atoms with Crippen molar-refractivity contribution in [2.45, 2.75) is 44.2 Å². The minimum absolute atomic E-state index is 0.0549. The van der Waals surface area contributed by atoms with Crippen molar-refractivity contribution >= 4 is 11.8 Å². The van der Waals surface area contributed by atoms with Crippen LogP contribution in [0.3, 0.4) is 0 Å². The van der Waals surface area contributed by atoms with Gasteiger partial charge in [0, 0.05) is 19.5 Å². The van der Waals surface area contributed by atoms with Gasteiger partial charge in [0.1, 0.15) is 11.4 Å². The van der Waals surface area contributed by atoms with Gasteiger partial charge in [-0.3, -0.25) is 14.5 Å². The molecule has 2 aromatic rings. The summed E-state index contributed by atoms with van der Waals surface area (Å²) >= 11 is 0. The van der Waals surface area contributed by atoms with Crippen molar-refractivity contribution in [2.24, 2.45) is 0 Å². The lowest BCUT2D eigenvalue weighted by molar-refractivity contribution is -0.136. The fourth-order valence-electron chi connectivity index (χ4n) is 4.30. The number of carbonyl (C=O) groups excluding carboxylic acids is 1. The van der Waals surface area contributed by atoms with Crippen molar-refractivity contribution in [3.05, 3.63) is 65.2 Å². The number of rotatable bonds is 4. The predicted molar refractivity (Wildman–Crippen MR) is 106 cm³/mol. The zero-order valence-corrected chi connectivity index (χ0v) is 15.9. The van der Waals surface area contributed by atoms with Crippen LogP contribution in [0.4, 0.5) is 0 Å². The SMILES string of the molecule is O=C(O)Cc1ccc(CN2CCCC3(CC2)CC(=O)c2ccccc2O3)cc1. The van der Waals surface area contributed by atoms with Crippen LogP contribution in [0.2, 0.25) is 0 Å². The molecule has 28 heavy (non-hydrogen) atoms. The Morgan fingerprint density at radius 3 is 2.57 bits per heavy atom. The lowest BCUT2D eigenvalue weighted by atomic mass is 9.84. The van der Waals surface area contributed by atoms with E-state index in [-0.39, 0.29) is 17.8 Å². The van der Waals surface area contributed by atoms with Crippen LogP contribution in [0.15, 0.2) is 48.5 Å². The van der Waals surface area contributed by atoms with Gasteiger partial charge in [0.15, 0.2) is 5.78 Å². The normalized spacial score (nSPS) is 22.4. The molecule has 2 heterocycles. The Balaban J connectivity index is 1.40. The van der Waals surface area contributed by atoms with Crippen LogP contribution in [-0.4, -0.2) is 40.4 Å². The molecule has 0 aromatic heterocycles. The van der Waals surface area contributed by atoms with Crippen molar-refractivity contribution in [3.63, 3.8) is 0 Å². The largest absolute Gasteiger partial charge is 0.486 e. The van der Waals surface area contributed by atoms with E-state index in [9.17, 15) is 9.59 Å². The lowest BCUT2D eigenvalue weighted by Crippen LogP contribution is -2.42. The Hall–Kier alpha value is -2.66. The zero-order chi connectivity index (χ0) is 19.6. The molecule has 2 aliphatic rings. The third-order valence-corrected chi connectivity index (χ3v) is 5.77. The number of fused-ring (bicyclic) bond motifs is 1. The van der Waals surface area contributed by atoms with Crippen molar-refractivity contribution in [1.82, 2.24) is 4.90 Å². The van der Waals surface area contributed by atoms with Gasteiger partial charge in [-0.15, -0.1) is 0 Å². The highest BCUT2D eigenvalue weighted by molar-refractivity contribution is 6.00. The van der Waals surface area contributed by atoms with E-state index in [1.54, 1.807) is 0 Å². The topological polar surface area (TPSA) is 66.8 Å². The molecule has 0 saturated carbocycles. The first-order valence-corrected chi connectivity index (χ1v) is 9.86. The van der Waals surface area contributed by atoms with Gasteiger partial charge in [0.05, 0.1) is 18.4 Å². The fraction of sp³-hybridized carbons (Fsp3) is 0.391. The van der Waals surface area contributed by atoms with Gasteiger partial charge < -0.3 is 9.84 Å². The highest BCUT2D eigenvalue weighted by Crippen LogP contribution is 2.39. The first kappa shape index (κ1) is 18.7. The third-order valence-electron chi connectivity index (χ3n) is 5.77. The van der Waals surface area contributed by atoms with Gasteiger partial charge in [-0.2, -0.15) is 0 Å². The van der Waals surface area contributed by atoms with E-state index in [2.05, 4.69) is 4.90 Å². The number of likely N-dealkylation sites (tertiary alicyclic amines) is 1. The maximum Gasteiger partial charge on any atom is 0.307 e. The van der Waals surface area contributed by atoms with Crippen LogP contribution in [0.25, 0.3) is 0 Å². The quantitative estimate of drug-likeness (QED) is 0.877. The minimum atomic E-state index is -0.811. The molecule has 4 rings (SSSR count). The summed E-state index contributed by atoms with van der Waals surface area (Å²) in [7, 11) is 0. The minimum Gasteiger partial charge on any atom is -0.486 e. The number of aliphatic carboxylic acids is 1. The molecule has 146 valence electrons. The molecule has 0 bridgehead atoms. The summed E-state index contributed by atoms with van der Waals surface area (Å²) in [6.45, 7) is 2.68. The third kappa shape index (κ3) is 4.09. The molecule has 1 N–H and O–H groups in total. The summed E-state index contributed by atoms with van der Waals surface area (Å²) in [6.07, 6.45) is 3.24. The first-order valence-electron chi connectivity index (χ1n) is 9.86. The van der Waals surface area contributed by atoms with Gasteiger partial charge in [-0.1, -0.05) is 36.4 Å². The van der Waals surface area contributed by atoms with E-state index in [1.807, 2.05) is 48.5 Å². The summed E-state index contributed by atoms with van der Waals surface area (Å²) < 4.78 is 6.36. The number of para-hydroxylation sites is 1. The van der Waals surface area contributed by atoms with Crippen molar-refractivity contribution < 1.29 is 19.4 Å². The Morgan fingerprint density at radius 1 is 1.04 bits per heavy atom. The van der Waals surface area contributed by atoms with Gasteiger partial charge in [-0.05, 0) is 42.6 Å². The molecular formula is C23H25NO4. The molecular weight excluding hydrogens is 354 g/mol. The second-order valence-electron chi connectivity index (χ2n) is 7.90. The molecule has 2 aliphatic heterocycles. The van der Waals surface area contributed by atoms with Gasteiger partial charge in [0.25, 0.3) is 0 Å². The molecule has 0 amide bonds. The van der Waals surface area contributed by atoms with Crippen molar-refractivity contribution in [2.75, 3.05) is 13.1 Å². The van der Waals surface area contributed by atoms with Crippen LogP contribution >= 0.6 is 0 Å². The number of ether oxygens (including phenoxy) is 1. The number of benzene rings is 2. The average molecular weight is 379 g/mol. The maximum absolute atomic E-state index is 12.6. The number of Topliss-reactive ketones (excluding diaryl/α,β-unsaturated/α-hetero) is 1. The van der Waals surface area contributed by atoms with Gasteiger partial charge >= 0.3 is 5.97 Å². The average Bonchev–Trinajstić information content (AvgIpc) is 2.85.